The molecule has 0 aromatic heterocycles. The van der Waals surface area contributed by atoms with Crippen molar-refractivity contribution in [2.45, 2.75) is 6.54 Å². The molecule has 0 bridgehead atoms. The molecule has 1 saturated heterocycles. The Morgan fingerprint density at radius 3 is 2.55 bits per heavy atom. The maximum absolute atomic E-state index is 13.2. The van der Waals surface area contributed by atoms with E-state index in [2.05, 4.69) is 21.6 Å². The Kier molecular flexibility index (Phi) is 7.91. The van der Waals surface area contributed by atoms with Crippen LogP contribution in [-0.4, -0.2) is 63.2 Å². The minimum atomic E-state index is -1.05. The number of hydrogen-bond donors (Lipinski definition) is 2. The van der Waals surface area contributed by atoms with Gasteiger partial charge in [0.05, 0.1) is 26.3 Å². The van der Waals surface area contributed by atoms with Crippen molar-refractivity contribution in [1.82, 2.24) is 10.2 Å². The van der Waals surface area contributed by atoms with Crippen molar-refractivity contribution in [2.24, 2.45) is 0 Å². The van der Waals surface area contributed by atoms with E-state index in [9.17, 15) is 18.4 Å². The number of para-hydroxylation sites is 1. The molecule has 3 rings (SSSR count). The Bertz CT molecular complexity index is 919. The SMILES string of the molecule is CN(CC(=O)NCC(=O)Nc1ccc(F)c(F)c1)Cc1ccccc1N1CCOCC1. The van der Waals surface area contributed by atoms with Crippen molar-refractivity contribution in [1.29, 1.82) is 0 Å². The average molecular weight is 432 g/mol. The predicted octanol–water partition coefficient (Wildman–Crippen LogP) is 1.99. The number of likely N-dealkylation sites (N-methyl/N-ethyl adjacent to an activating group) is 1. The van der Waals surface area contributed by atoms with Crippen LogP contribution in [0.1, 0.15) is 5.56 Å². The Labute approximate surface area is 180 Å². The van der Waals surface area contributed by atoms with Gasteiger partial charge in [-0.2, -0.15) is 0 Å². The van der Waals surface area contributed by atoms with E-state index in [0.717, 1.165) is 36.5 Å². The summed E-state index contributed by atoms with van der Waals surface area (Å²) in [6.45, 7) is 3.45. The summed E-state index contributed by atoms with van der Waals surface area (Å²) in [6, 6.07) is 11.1. The second kappa shape index (κ2) is 10.8. The summed E-state index contributed by atoms with van der Waals surface area (Å²) in [5.41, 5.74) is 2.36. The summed E-state index contributed by atoms with van der Waals surface area (Å²) in [6.07, 6.45) is 0. The molecule has 0 spiro atoms. The lowest BCUT2D eigenvalue weighted by molar-refractivity contribution is -0.124. The van der Waals surface area contributed by atoms with Crippen molar-refractivity contribution in [3.63, 3.8) is 0 Å². The fraction of sp³-hybridized carbons (Fsp3) is 0.364. The lowest BCUT2D eigenvalue weighted by Gasteiger charge is -2.31. The molecule has 2 N–H and O–H groups in total. The third-order valence-corrected chi connectivity index (χ3v) is 4.85. The second-order valence-corrected chi connectivity index (χ2v) is 7.35. The van der Waals surface area contributed by atoms with Crippen molar-refractivity contribution in [2.75, 3.05) is 56.7 Å². The summed E-state index contributed by atoms with van der Waals surface area (Å²) in [7, 11) is 1.83. The number of rotatable bonds is 8. The van der Waals surface area contributed by atoms with Crippen LogP contribution in [0.15, 0.2) is 42.5 Å². The first-order chi connectivity index (χ1) is 14.9. The van der Waals surface area contributed by atoms with Gasteiger partial charge in [-0.3, -0.25) is 14.5 Å². The Morgan fingerprint density at radius 1 is 1.06 bits per heavy atom. The molecule has 0 atom stereocenters. The number of benzene rings is 2. The molecular formula is C22H26F2N4O3. The molecule has 31 heavy (non-hydrogen) atoms. The highest BCUT2D eigenvalue weighted by Crippen LogP contribution is 2.22. The first kappa shape index (κ1) is 22.6. The van der Waals surface area contributed by atoms with Gasteiger partial charge in [-0.05, 0) is 30.8 Å². The van der Waals surface area contributed by atoms with Gasteiger partial charge in [-0.1, -0.05) is 18.2 Å². The number of halogens is 2. The van der Waals surface area contributed by atoms with Crippen molar-refractivity contribution >= 4 is 23.2 Å². The molecule has 0 unspecified atom stereocenters. The van der Waals surface area contributed by atoms with Crippen molar-refractivity contribution in [3.8, 4) is 0 Å². The lowest BCUT2D eigenvalue weighted by atomic mass is 10.1. The normalized spacial score (nSPS) is 13.9. The van der Waals surface area contributed by atoms with Crippen LogP contribution in [0.4, 0.5) is 20.2 Å². The molecule has 2 aromatic rings. The highest BCUT2D eigenvalue weighted by Gasteiger charge is 2.16. The van der Waals surface area contributed by atoms with Crippen LogP contribution in [-0.2, 0) is 20.9 Å². The molecular weight excluding hydrogens is 406 g/mol. The zero-order valence-corrected chi connectivity index (χ0v) is 17.4. The van der Waals surface area contributed by atoms with Gasteiger partial charge in [0.25, 0.3) is 0 Å². The van der Waals surface area contributed by atoms with Gasteiger partial charge in [0.15, 0.2) is 11.6 Å². The van der Waals surface area contributed by atoms with Gasteiger partial charge >= 0.3 is 0 Å². The van der Waals surface area contributed by atoms with Crippen LogP contribution in [0.25, 0.3) is 0 Å². The van der Waals surface area contributed by atoms with Gasteiger partial charge in [-0.15, -0.1) is 0 Å². The molecule has 9 heteroatoms. The van der Waals surface area contributed by atoms with Gasteiger partial charge < -0.3 is 20.3 Å². The second-order valence-electron chi connectivity index (χ2n) is 7.35. The van der Waals surface area contributed by atoms with E-state index in [-0.39, 0.29) is 24.7 Å². The fourth-order valence-corrected chi connectivity index (χ4v) is 3.36. The number of carbonyl (C=O) groups is 2. The van der Waals surface area contributed by atoms with E-state index in [1.54, 1.807) is 0 Å². The summed E-state index contributed by atoms with van der Waals surface area (Å²) < 4.78 is 31.6. The zero-order chi connectivity index (χ0) is 22.2. The fourth-order valence-electron chi connectivity index (χ4n) is 3.36. The summed E-state index contributed by atoms with van der Waals surface area (Å²) >= 11 is 0. The number of nitrogens with one attached hydrogen (secondary N) is 2. The van der Waals surface area contributed by atoms with E-state index in [1.165, 1.54) is 6.07 Å². The molecule has 0 aliphatic carbocycles. The number of carbonyl (C=O) groups excluding carboxylic acids is 2. The molecule has 1 fully saturated rings. The summed E-state index contributed by atoms with van der Waals surface area (Å²) in [5.74, 6) is -2.89. The van der Waals surface area contributed by atoms with E-state index in [4.69, 9.17) is 4.74 Å². The molecule has 0 saturated carbocycles. The van der Waals surface area contributed by atoms with Crippen LogP contribution in [0, 0.1) is 11.6 Å². The molecule has 2 aromatic carbocycles. The Morgan fingerprint density at radius 2 is 1.81 bits per heavy atom. The van der Waals surface area contributed by atoms with E-state index < -0.39 is 17.5 Å². The van der Waals surface area contributed by atoms with E-state index in [0.29, 0.717) is 19.8 Å². The Balaban J connectivity index is 1.46. The van der Waals surface area contributed by atoms with Gasteiger partial charge in [0.2, 0.25) is 11.8 Å². The molecule has 7 nitrogen and oxygen atoms in total. The van der Waals surface area contributed by atoms with E-state index >= 15 is 0 Å². The zero-order valence-electron chi connectivity index (χ0n) is 17.4. The largest absolute Gasteiger partial charge is 0.378 e. The number of morpholine rings is 1. The molecule has 1 heterocycles. The number of nitrogens with zero attached hydrogens (tertiary/aromatic N) is 2. The van der Waals surface area contributed by atoms with Crippen LogP contribution in [0.3, 0.4) is 0 Å². The smallest absolute Gasteiger partial charge is 0.243 e. The standard InChI is InChI=1S/C22H26F2N4O3/c1-27(14-16-4-2-3-5-20(16)28-8-10-31-11-9-28)15-22(30)25-13-21(29)26-17-6-7-18(23)19(24)12-17/h2-7,12H,8-11,13-15H2,1H3,(H,25,30)(H,26,29). The average Bonchev–Trinajstić information content (AvgIpc) is 2.76. The third-order valence-electron chi connectivity index (χ3n) is 4.85. The number of ether oxygens (including phenoxy) is 1. The van der Waals surface area contributed by atoms with Crippen molar-refractivity contribution in [3.05, 3.63) is 59.7 Å². The molecule has 166 valence electrons. The van der Waals surface area contributed by atoms with Crippen LogP contribution in [0.2, 0.25) is 0 Å². The van der Waals surface area contributed by atoms with Gasteiger partial charge in [0, 0.05) is 37.1 Å². The Hall–Kier alpha value is -3.04. The maximum atomic E-state index is 13.2. The first-order valence-electron chi connectivity index (χ1n) is 10.0. The minimum absolute atomic E-state index is 0.107. The van der Waals surface area contributed by atoms with E-state index in [1.807, 2.05) is 30.1 Å². The van der Waals surface area contributed by atoms with Crippen LogP contribution in [0.5, 0.6) is 0 Å². The maximum Gasteiger partial charge on any atom is 0.243 e. The summed E-state index contributed by atoms with van der Waals surface area (Å²) in [5, 5.41) is 4.95. The van der Waals surface area contributed by atoms with Gasteiger partial charge in [0.1, 0.15) is 0 Å². The molecule has 0 radical (unpaired) electrons. The number of amides is 2. The quantitative estimate of drug-likeness (QED) is 0.668. The predicted molar refractivity (Wildman–Crippen MR) is 114 cm³/mol. The molecule has 1 aliphatic heterocycles. The van der Waals surface area contributed by atoms with Crippen LogP contribution >= 0.6 is 0 Å². The highest BCUT2D eigenvalue weighted by atomic mass is 19.2. The summed E-state index contributed by atoms with van der Waals surface area (Å²) in [4.78, 5) is 28.3. The topological polar surface area (TPSA) is 73.9 Å². The number of anilines is 2. The molecule has 1 aliphatic rings. The lowest BCUT2D eigenvalue weighted by Crippen LogP contribution is -2.39. The van der Waals surface area contributed by atoms with Crippen LogP contribution < -0.4 is 15.5 Å². The number of hydrogen-bond acceptors (Lipinski definition) is 5. The van der Waals surface area contributed by atoms with Gasteiger partial charge in [-0.25, -0.2) is 8.78 Å². The first-order valence-corrected chi connectivity index (χ1v) is 10.0. The molecule has 2 amide bonds. The highest BCUT2D eigenvalue weighted by molar-refractivity contribution is 5.94. The monoisotopic (exact) mass is 432 g/mol. The van der Waals surface area contributed by atoms with Crippen molar-refractivity contribution < 1.29 is 23.1 Å². The minimum Gasteiger partial charge on any atom is -0.378 e. The third kappa shape index (κ3) is 6.73.